The first-order chi connectivity index (χ1) is 8.15. The molecule has 2 aromatic rings. The molecule has 88 valence electrons. The Kier molecular flexibility index (Phi) is 3.76. The predicted molar refractivity (Wildman–Crippen MR) is 65.4 cm³/mol. The van der Waals surface area contributed by atoms with Gasteiger partial charge in [-0.15, -0.1) is 0 Å². The first-order valence-electron chi connectivity index (χ1n) is 5.22. The van der Waals surface area contributed by atoms with Gasteiger partial charge in [-0.25, -0.2) is 9.37 Å². The van der Waals surface area contributed by atoms with Crippen LogP contribution in [0.1, 0.15) is 18.6 Å². The topological polar surface area (TPSA) is 33.1 Å². The van der Waals surface area contributed by atoms with Crippen LogP contribution in [-0.4, -0.2) is 10.1 Å². The first kappa shape index (κ1) is 12.1. The summed E-state index contributed by atoms with van der Waals surface area (Å²) in [4.78, 5) is 4.97. The second-order valence-corrected chi connectivity index (χ2v) is 4.76. The Balaban J connectivity index is 2.21. The number of pyridine rings is 1. The summed E-state index contributed by atoms with van der Waals surface area (Å²) in [6.07, 6.45) is 1.12. The van der Waals surface area contributed by atoms with Gasteiger partial charge in [0.25, 0.3) is 0 Å². The fourth-order valence-corrected chi connectivity index (χ4v) is 2.26. The number of aromatic nitrogens is 1. The van der Waals surface area contributed by atoms with Gasteiger partial charge in [-0.2, -0.15) is 0 Å². The molecule has 0 spiro atoms. The number of nitrogens with zero attached hydrogens (tertiary/aromatic N) is 1. The molecule has 17 heavy (non-hydrogen) atoms. The average Bonchev–Trinajstić information content (AvgIpc) is 2.29. The summed E-state index contributed by atoms with van der Waals surface area (Å²) in [7, 11) is 0. The highest BCUT2D eigenvalue weighted by Crippen LogP contribution is 2.27. The molecule has 1 atom stereocenters. The van der Waals surface area contributed by atoms with E-state index in [9.17, 15) is 9.50 Å². The largest absolute Gasteiger partial charge is 0.389 e. The quantitative estimate of drug-likeness (QED) is 0.904. The molecule has 0 bridgehead atoms. The molecule has 2 nitrogen and oxygen atoms in total. The zero-order valence-corrected chi connectivity index (χ0v) is 10.1. The van der Waals surface area contributed by atoms with Gasteiger partial charge < -0.3 is 5.11 Å². The van der Waals surface area contributed by atoms with Crippen LogP contribution in [0.4, 0.5) is 4.39 Å². The van der Waals surface area contributed by atoms with Crippen LogP contribution >= 0.6 is 11.8 Å². The van der Waals surface area contributed by atoms with Crippen LogP contribution in [0, 0.1) is 5.82 Å². The van der Waals surface area contributed by atoms with Crippen LogP contribution in [0.25, 0.3) is 0 Å². The van der Waals surface area contributed by atoms with Crippen molar-refractivity contribution in [1.82, 2.24) is 4.98 Å². The van der Waals surface area contributed by atoms with Crippen LogP contribution < -0.4 is 0 Å². The Bertz CT molecular complexity index is 516. The van der Waals surface area contributed by atoms with Crippen LogP contribution in [0.15, 0.2) is 52.5 Å². The molecule has 0 unspecified atom stereocenters. The summed E-state index contributed by atoms with van der Waals surface area (Å²) in [6, 6.07) is 9.92. The normalized spacial score (nSPS) is 12.4. The highest BCUT2D eigenvalue weighted by Gasteiger charge is 2.04. The standard InChI is InChI=1S/C13H12FNOS/c1-9(16)10-5-6-15-13(7-10)17-12-4-2-3-11(14)8-12/h2-9,16H,1H3/t9-/m1/s1. The summed E-state index contributed by atoms with van der Waals surface area (Å²) >= 11 is 1.37. The minimum absolute atomic E-state index is 0.262. The number of halogens is 1. The van der Waals surface area contributed by atoms with Crippen LogP contribution in [0.3, 0.4) is 0 Å². The smallest absolute Gasteiger partial charge is 0.124 e. The third-order valence-corrected chi connectivity index (χ3v) is 3.18. The molecular weight excluding hydrogens is 237 g/mol. The number of aliphatic hydroxyl groups is 1. The van der Waals surface area contributed by atoms with Crippen molar-refractivity contribution in [2.75, 3.05) is 0 Å². The zero-order valence-electron chi connectivity index (χ0n) is 9.30. The van der Waals surface area contributed by atoms with E-state index in [1.807, 2.05) is 6.07 Å². The fraction of sp³-hybridized carbons (Fsp3) is 0.154. The highest BCUT2D eigenvalue weighted by molar-refractivity contribution is 7.99. The van der Waals surface area contributed by atoms with E-state index in [4.69, 9.17) is 0 Å². The van der Waals surface area contributed by atoms with E-state index in [-0.39, 0.29) is 5.82 Å². The van der Waals surface area contributed by atoms with Gasteiger partial charge in [-0.3, -0.25) is 0 Å². The van der Waals surface area contributed by atoms with Crippen molar-refractivity contribution in [3.8, 4) is 0 Å². The van der Waals surface area contributed by atoms with E-state index in [2.05, 4.69) is 4.98 Å². The van der Waals surface area contributed by atoms with Gasteiger partial charge in [-0.05, 0) is 42.8 Å². The van der Waals surface area contributed by atoms with Gasteiger partial charge in [-0.1, -0.05) is 17.8 Å². The highest BCUT2D eigenvalue weighted by atomic mass is 32.2. The third-order valence-electron chi connectivity index (χ3n) is 2.26. The van der Waals surface area contributed by atoms with Crippen LogP contribution in [0.2, 0.25) is 0 Å². The van der Waals surface area contributed by atoms with Crippen molar-refractivity contribution >= 4 is 11.8 Å². The summed E-state index contributed by atoms with van der Waals surface area (Å²) in [6.45, 7) is 1.70. The van der Waals surface area contributed by atoms with Gasteiger partial charge in [0.2, 0.25) is 0 Å². The van der Waals surface area contributed by atoms with Crippen molar-refractivity contribution in [3.05, 3.63) is 54.0 Å². The maximum atomic E-state index is 13.0. The average molecular weight is 249 g/mol. The molecular formula is C13H12FNOS. The lowest BCUT2D eigenvalue weighted by molar-refractivity contribution is 0.199. The van der Waals surface area contributed by atoms with Gasteiger partial charge >= 0.3 is 0 Å². The van der Waals surface area contributed by atoms with Gasteiger partial charge in [0.15, 0.2) is 0 Å². The SMILES string of the molecule is C[C@@H](O)c1ccnc(Sc2cccc(F)c2)c1. The fourth-order valence-electron chi connectivity index (χ4n) is 1.39. The Hall–Kier alpha value is -1.39. The van der Waals surface area contributed by atoms with Crippen molar-refractivity contribution in [2.24, 2.45) is 0 Å². The van der Waals surface area contributed by atoms with Gasteiger partial charge in [0.1, 0.15) is 10.8 Å². The van der Waals surface area contributed by atoms with E-state index in [0.717, 1.165) is 15.5 Å². The molecule has 0 saturated carbocycles. The molecule has 0 saturated heterocycles. The first-order valence-corrected chi connectivity index (χ1v) is 6.04. The Morgan fingerprint density at radius 1 is 1.29 bits per heavy atom. The Labute approximate surface area is 104 Å². The lowest BCUT2D eigenvalue weighted by Crippen LogP contribution is -1.92. The second kappa shape index (κ2) is 5.29. The molecule has 1 heterocycles. The predicted octanol–water partition coefficient (Wildman–Crippen LogP) is 3.43. The molecule has 1 aromatic heterocycles. The van der Waals surface area contributed by atoms with Gasteiger partial charge in [0, 0.05) is 11.1 Å². The summed E-state index contributed by atoms with van der Waals surface area (Å²) < 4.78 is 13.0. The van der Waals surface area contributed by atoms with Crippen molar-refractivity contribution in [3.63, 3.8) is 0 Å². The molecule has 0 fully saturated rings. The van der Waals surface area contributed by atoms with E-state index in [1.54, 1.807) is 31.3 Å². The van der Waals surface area contributed by atoms with E-state index >= 15 is 0 Å². The number of hydrogen-bond donors (Lipinski definition) is 1. The molecule has 0 aliphatic carbocycles. The van der Waals surface area contributed by atoms with E-state index in [0.29, 0.717) is 0 Å². The van der Waals surface area contributed by atoms with E-state index in [1.165, 1.54) is 23.9 Å². The van der Waals surface area contributed by atoms with Crippen LogP contribution in [-0.2, 0) is 0 Å². The molecule has 0 aliphatic heterocycles. The van der Waals surface area contributed by atoms with E-state index < -0.39 is 6.10 Å². The molecule has 2 rings (SSSR count). The molecule has 1 N–H and O–H groups in total. The summed E-state index contributed by atoms with van der Waals surface area (Å²) in [5.74, 6) is -0.262. The lowest BCUT2D eigenvalue weighted by atomic mass is 10.2. The summed E-state index contributed by atoms with van der Waals surface area (Å²) in [5, 5.41) is 10.2. The minimum Gasteiger partial charge on any atom is -0.389 e. The molecule has 1 aromatic carbocycles. The number of aliphatic hydroxyl groups excluding tert-OH is 1. The zero-order chi connectivity index (χ0) is 12.3. The Morgan fingerprint density at radius 2 is 2.12 bits per heavy atom. The second-order valence-electron chi connectivity index (χ2n) is 3.66. The van der Waals surface area contributed by atoms with Crippen molar-refractivity contribution < 1.29 is 9.50 Å². The maximum Gasteiger partial charge on any atom is 0.124 e. The molecule has 0 radical (unpaired) electrons. The summed E-state index contributed by atoms with van der Waals surface area (Å²) in [5.41, 5.74) is 0.805. The van der Waals surface area contributed by atoms with Crippen molar-refractivity contribution in [1.29, 1.82) is 0 Å². The number of rotatable bonds is 3. The number of benzene rings is 1. The van der Waals surface area contributed by atoms with Crippen molar-refractivity contribution in [2.45, 2.75) is 22.9 Å². The molecule has 0 amide bonds. The number of hydrogen-bond acceptors (Lipinski definition) is 3. The Morgan fingerprint density at radius 3 is 2.82 bits per heavy atom. The third kappa shape index (κ3) is 3.28. The maximum absolute atomic E-state index is 13.0. The minimum atomic E-state index is -0.523. The lowest BCUT2D eigenvalue weighted by Gasteiger charge is -2.06. The van der Waals surface area contributed by atoms with Crippen LogP contribution in [0.5, 0.6) is 0 Å². The molecule has 4 heteroatoms. The molecule has 0 aliphatic rings. The monoisotopic (exact) mass is 249 g/mol. The van der Waals surface area contributed by atoms with Gasteiger partial charge in [0.05, 0.1) is 6.10 Å².